The summed E-state index contributed by atoms with van der Waals surface area (Å²) in [6.45, 7) is 2.15. The third-order valence-electron chi connectivity index (χ3n) is 3.11. The van der Waals surface area contributed by atoms with Crippen molar-refractivity contribution in [1.82, 2.24) is 19.7 Å². The number of anilines is 1. The number of rotatable bonds is 1. The van der Waals surface area contributed by atoms with E-state index >= 15 is 0 Å². The molecule has 3 heterocycles. The van der Waals surface area contributed by atoms with E-state index in [9.17, 15) is 0 Å². The lowest BCUT2D eigenvalue weighted by molar-refractivity contribution is 0.454. The molecule has 0 aliphatic carbocycles. The van der Waals surface area contributed by atoms with Gasteiger partial charge in [-0.25, -0.2) is 9.97 Å². The summed E-state index contributed by atoms with van der Waals surface area (Å²) in [5, 5.41) is 3.36. The van der Waals surface area contributed by atoms with Crippen LogP contribution in [0.4, 0.5) is 5.69 Å². The first-order valence-corrected chi connectivity index (χ1v) is 5.64. The first-order chi connectivity index (χ1) is 7.83. The molecule has 0 amide bonds. The molecule has 1 aliphatic rings. The highest BCUT2D eigenvalue weighted by molar-refractivity contribution is 5.40. The highest BCUT2D eigenvalue weighted by Gasteiger charge is 2.18. The summed E-state index contributed by atoms with van der Waals surface area (Å²) in [5.41, 5.74) is 7.50. The van der Waals surface area contributed by atoms with Crippen molar-refractivity contribution in [2.75, 3.05) is 18.8 Å². The van der Waals surface area contributed by atoms with Gasteiger partial charge >= 0.3 is 0 Å². The van der Waals surface area contributed by atoms with E-state index in [1.807, 2.05) is 10.6 Å². The molecule has 0 radical (unpaired) electrons. The van der Waals surface area contributed by atoms with Gasteiger partial charge in [0.2, 0.25) is 5.78 Å². The minimum atomic E-state index is 0.559. The molecule has 3 N–H and O–H groups in total. The molecule has 0 spiro atoms. The number of nitrogens with two attached hydrogens (primary N) is 1. The van der Waals surface area contributed by atoms with Crippen LogP contribution in [0, 0.1) is 0 Å². The Morgan fingerprint density at radius 2 is 2.12 bits per heavy atom. The van der Waals surface area contributed by atoms with Gasteiger partial charge in [0.1, 0.15) is 0 Å². The summed E-state index contributed by atoms with van der Waals surface area (Å²) in [6.07, 6.45) is 7.86. The molecular weight excluding hydrogens is 202 g/mol. The van der Waals surface area contributed by atoms with Gasteiger partial charge in [0, 0.05) is 18.3 Å². The first kappa shape index (κ1) is 9.59. The molecule has 0 aromatic carbocycles. The second kappa shape index (κ2) is 3.75. The molecule has 5 heteroatoms. The van der Waals surface area contributed by atoms with E-state index in [-0.39, 0.29) is 0 Å². The molecule has 3 rings (SSSR count). The minimum Gasteiger partial charge on any atom is -0.396 e. The van der Waals surface area contributed by atoms with Crippen molar-refractivity contribution in [1.29, 1.82) is 0 Å². The van der Waals surface area contributed by atoms with Crippen LogP contribution in [0.15, 0.2) is 18.6 Å². The number of nitrogen functional groups attached to an aromatic ring is 1. The number of nitrogens with zero attached hydrogens (tertiary/aromatic N) is 3. The third kappa shape index (κ3) is 1.63. The van der Waals surface area contributed by atoms with Crippen molar-refractivity contribution in [3.63, 3.8) is 0 Å². The summed E-state index contributed by atoms with van der Waals surface area (Å²) in [5.74, 6) is 1.30. The molecule has 5 nitrogen and oxygen atoms in total. The Balaban J connectivity index is 1.97. The highest BCUT2D eigenvalue weighted by atomic mass is 15.1. The summed E-state index contributed by atoms with van der Waals surface area (Å²) >= 11 is 0. The zero-order valence-corrected chi connectivity index (χ0v) is 9.06. The number of hydrogen-bond acceptors (Lipinski definition) is 4. The number of aromatic nitrogens is 3. The number of hydrogen-bond donors (Lipinski definition) is 2. The maximum absolute atomic E-state index is 5.69. The Morgan fingerprint density at radius 3 is 2.94 bits per heavy atom. The van der Waals surface area contributed by atoms with Crippen LogP contribution in [-0.2, 0) is 0 Å². The minimum absolute atomic E-state index is 0.559. The third-order valence-corrected chi connectivity index (χ3v) is 3.11. The predicted molar refractivity (Wildman–Crippen MR) is 62.2 cm³/mol. The van der Waals surface area contributed by atoms with Gasteiger partial charge in [-0.1, -0.05) is 0 Å². The van der Waals surface area contributed by atoms with Gasteiger partial charge in [-0.05, 0) is 25.9 Å². The molecule has 0 saturated carbocycles. The van der Waals surface area contributed by atoms with E-state index in [0.717, 1.165) is 37.4 Å². The Morgan fingerprint density at radius 1 is 1.31 bits per heavy atom. The van der Waals surface area contributed by atoms with Crippen LogP contribution in [0.2, 0.25) is 0 Å². The van der Waals surface area contributed by atoms with E-state index in [0.29, 0.717) is 11.6 Å². The van der Waals surface area contributed by atoms with Crippen molar-refractivity contribution in [2.45, 2.75) is 18.8 Å². The SMILES string of the molecule is Nc1cnc2nc(C3CCNCC3)cn2c1. The molecule has 0 atom stereocenters. The van der Waals surface area contributed by atoms with Gasteiger partial charge < -0.3 is 11.1 Å². The summed E-state index contributed by atoms with van der Waals surface area (Å²) in [7, 11) is 0. The lowest BCUT2D eigenvalue weighted by Gasteiger charge is -2.20. The average Bonchev–Trinajstić information content (AvgIpc) is 2.73. The fraction of sp³-hybridized carbons (Fsp3) is 0.455. The van der Waals surface area contributed by atoms with E-state index in [4.69, 9.17) is 5.73 Å². The van der Waals surface area contributed by atoms with Crippen molar-refractivity contribution in [3.8, 4) is 0 Å². The molecule has 1 fully saturated rings. The van der Waals surface area contributed by atoms with E-state index in [1.165, 1.54) is 0 Å². The van der Waals surface area contributed by atoms with E-state index in [2.05, 4.69) is 21.5 Å². The van der Waals surface area contributed by atoms with Gasteiger partial charge in [0.15, 0.2) is 0 Å². The molecule has 0 unspecified atom stereocenters. The van der Waals surface area contributed by atoms with E-state index in [1.54, 1.807) is 6.20 Å². The second-order valence-corrected chi connectivity index (χ2v) is 4.28. The van der Waals surface area contributed by atoms with Crippen molar-refractivity contribution in [3.05, 3.63) is 24.3 Å². The maximum atomic E-state index is 5.69. The second-order valence-electron chi connectivity index (χ2n) is 4.28. The quantitative estimate of drug-likeness (QED) is 0.740. The summed E-state index contributed by atoms with van der Waals surface area (Å²) < 4.78 is 1.91. The van der Waals surface area contributed by atoms with Gasteiger partial charge in [-0.3, -0.25) is 4.40 Å². The van der Waals surface area contributed by atoms with E-state index < -0.39 is 0 Å². The summed E-state index contributed by atoms with van der Waals surface area (Å²) in [4.78, 5) is 8.75. The zero-order chi connectivity index (χ0) is 11.0. The Labute approximate surface area is 93.7 Å². The number of fused-ring (bicyclic) bond motifs is 1. The number of imidazole rings is 1. The molecular formula is C11H15N5. The lowest BCUT2D eigenvalue weighted by Crippen LogP contribution is -2.26. The Kier molecular flexibility index (Phi) is 2.25. The van der Waals surface area contributed by atoms with Crippen LogP contribution in [0.5, 0.6) is 0 Å². The van der Waals surface area contributed by atoms with Crippen LogP contribution in [0.3, 0.4) is 0 Å². The fourth-order valence-corrected chi connectivity index (χ4v) is 2.23. The van der Waals surface area contributed by atoms with Crippen molar-refractivity contribution in [2.24, 2.45) is 0 Å². The molecule has 1 aliphatic heterocycles. The summed E-state index contributed by atoms with van der Waals surface area (Å²) in [6, 6.07) is 0. The standard InChI is InChI=1S/C11H15N5/c12-9-5-14-11-15-10(7-16(11)6-9)8-1-3-13-4-2-8/h5-8,13H,1-4,12H2. The highest BCUT2D eigenvalue weighted by Crippen LogP contribution is 2.24. The van der Waals surface area contributed by atoms with Crippen LogP contribution >= 0.6 is 0 Å². The zero-order valence-electron chi connectivity index (χ0n) is 9.06. The van der Waals surface area contributed by atoms with Crippen LogP contribution < -0.4 is 11.1 Å². The maximum Gasteiger partial charge on any atom is 0.234 e. The normalized spacial score (nSPS) is 18.0. The van der Waals surface area contributed by atoms with Crippen molar-refractivity contribution >= 4 is 11.5 Å². The monoisotopic (exact) mass is 217 g/mol. The molecule has 2 aromatic heterocycles. The smallest absolute Gasteiger partial charge is 0.234 e. The van der Waals surface area contributed by atoms with Gasteiger partial charge in [0.25, 0.3) is 0 Å². The lowest BCUT2D eigenvalue weighted by atomic mass is 9.95. The van der Waals surface area contributed by atoms with Gasteiger partial charge in [0.05, 0.1) is 17.6 Å². The molecule has 1 saturated heterocycles. The van der Waals surface area contributed by atoms with Crippen LogP contribution in [0.25, 0.3) is 5.78 Å². The number of nitrogens with one attached hydrogen (secondary N) is 1. The predicted octanol–water partition coefficient (Wildman–Crippen LogP) is 0.778. The van der Waals surface area contributed by atoms with Gasteiger partial charge in [-0.2, -0.15) is 0 Å². The average molecular weight is 217 g/mol. The molecule has 2 aromatic rings. The first-order valence-electron chi connectivity index (χ1n) is 5.64. The van der Waals surface area contributed by atoms with Crippen LogP contribution in [0.1, 0.15) is 24.5 Å². The molecule has 0 bridgehead atoms. The van der Waals surface area contributed by atoms with Crippen LogP contribution in [-0.4, -0.2) is 27.5 Å². The molecule has 84 valence electrons. The van der Waals surface area contributed by atoms with Crippen molar-refractivity contribution < 1.29 is 0 Å². The van der Waals surface area contributed by atoms with Gasteiger partial charge in [-0.15, -0.1) is 0 Å². The topological polar surface area (TPSA) is 68.2 Å². The fourth-order valence-electron chi connectivity index (χ4n) is 2.23. The largest absolute Gasteiger partial charge is 0.396 e. The Hall–Kier alpha value is -1.62. The number of piperidine rings is 1. The Bertz CT molecular complexity index is 498. The molecule has 16 heavy (non-hydrogen) atoms.